The minimum Gasteiger partial charge on any atom is -0.370 e. The Morgan fingerprint density at radius 3 is 2.44 bits per heavy atom. The van der Waals surface area contributed by atoms with Gasteiger partial charge in [0.05, 0.1) is 0 Å². The lowest BCUT2D eigenvalue weighted by atomic mass is 10.4. The van der Waals surface area contributed by atoms with E-state index in [0.29, 0.717) is 0 Å². The lowest BCUT2D eigenvalue weighted by Crippen LogP contribution is -2.21. The molecule has 0 amide bonds. The van der Waals surface area contributed by atoms with Gasteiger partial charge in [-0.25, -0.2) is 4.99 Å². The predicted octanol–water partition coefficient (Wildman–Crippen LogP) is -0.637. The first-order chi connectivity index (χ1) is 4.13. The van der Waals surface area contributed by atoms with Gasteiger partial charge in [0.25, 0.3) is 0 Å². The summed E-state index contributed by atoms with van der Waals surface area (Å²) in [6.07, 6.45) is 2.54. The second-order valence-electron chi connectivity index (χ2n) is 1.48. The van der Waals surface area contributed by atoms with Crippen LogP contribution in [0.3, 0.4) is 0 Å². The molecule has 4 nitrogen and oxygen atoms in total. The smallest absolute Gasteiger partial charge is 0.190 e. The first kappa shape index (κ1) is 7.68. The number of nitrogens with zero attached hydrogens (tertiary/aromatic N) is 1. The number of carbonyl (C=O) groups excluding carboxylic acids is 1. The Morgan fingerprint density at radius 1 is 1.56 bits per heavy atom. The third-order valence-electron chi connectivity index (χ3n) is 0.533. The molecule has 0 aliphatic heterocycles. The molecule has 0 rings (SSSR count). The van der Waals surface area contributed by atoms with Crippen LogP contribution in [0, 0.1) is 0 Å². The summed E-state index contributed by atoms with van der Waals surface area (Å²) in [5.74, 6) is -0.132. The molecule has 0 fully saturated rings. The van der Waals surface area contributed by atoms with Crippen LogP contribution >= 0.6 is 0 Å². The highest BCUT2D eigenvalue weighted by molar-refractivity contribution is 5.87. The van der Waals surface area contributed by atoms with Crippen LogP contribution in [0.15, 0.2) is 17.3 Å². The highest BCUT2D eigenvalue weighted by atomic mass is 16.1. The van der Waals surface area contributed by atoms with Crippen molar-refractivity contribution in [2.45, 2.75) is 6.92 Å². The lowest BCUT2D eigenvalue weighted by molar-refractivity contribution is -0.112. The zero-order valence-electron chi connectivity index (χ0n) is 5.16. The van der Waals surface area contributed by atoms with Gasteiger partial charge in [-0.05, 0) is 13.0 Å². The van der Waals surface area contributed by atoms with E-state index in [0.717, 1.165) is 0 Å². The maximum Gasteiger partial charge on any atom is 0.190 e. The van der Waals surface area contributed by atoms with Gasteiger partial charge in [-0.3, -0.25) is 4.79 Å². The first-order valence-corrected chi connectivity index (χ1v) is 2.39. The van der Waals surface area contributed by atoms with Gasteiger partial charge in [-0.15, -0.1) is 0 Å². The van der Waals surface area contributed by atoms with E-state index in [1.807, 2.05) is 0 Å². The van der Waals surface area contributed by atoms with Crippen molar-refractivity contribution < 1.29 is 4.79 Å². The molecular formula is C5H9N3O. The number of carbonyl (C=O) groups is 1. The van der Waals surface area contributed by atoms with Crippen molar-refractivity contribution in [1.29, 1.82) is 0 Å². The number of hydrogen-bond acceptors (Lipinski definition) is 2. The molecule has 0 aromatic carbocycles. The number of nitrogens with two attached hydrogens (primary N) is 2. The molecule has 0 unspecified atom stereocenters. The van der Waals surface area contributed by atoms with Crippen LogP contribution in [-0.4, -0.2) is 11.7 Å². The number of rotatable bonds is 2. The van der Waals surface area contributed by atoms with E-state index in [9.17, 15) is 4.79 Å². The molecule has 0 bridgehead atoms. The number of ketones is 1. The third kappa shape index (κ3) is 6.68. The van der Waals surface area contributed by atoms with Gasteiger partial charge >= 0.3 is 0 Å². The quantitative estimate of drug-likeness (QED) is 0.294. The van der Waals surface area contributed by atoms with Gasteiger partial charge in [0.2, 0.25) is 0 Å². The minimum absolute atomic E-state index is 0.0486. The van der Waals surface area contributed by atoms with E-state index in [4.69, 9.17) is 11.5 Å². The van der Waals surface area contributed by atoms with Crippen LogP contribution in [-0.2, 0) is 4.79 Å². The molecule has 0 aliphatic rings. The zero-order chi connectivity index (χ0) is 7.28. The Morgan fingerprint density at radius 2 is 2.11 bits per heavy atom. The number of allylic oxidation sites excluding steroid dienone is 1. The van der Waals surface area contributed by atoms with Crippen molar-refractivity contribution in [3.63, 3.8) is 0 Å². The largest absolute Gasteiger partial charge is 0.370 e. The van der Waals surface area contributed by atoms with Crippen molar-refractivity contribution >= 4 is 11.7 Å². The standard InChI is InChI=1S/C5H9N3O/c1-4(9)2-3-8-5(6)7/h2-3H,1H3,(H4,6,7,8)/b3-2-. The molecule has 0 spiro atoms. The molecule has 0 aliphatic carbocycles. The average Bonchev–Trinajstić information content (AvgIpc) is 1.63. The van der Waals surface area contributed by atoms with E-state index < -0.39 is 0 Å². The Bertz CT molecular complexity index is 156. The van der Waals surface area contributed by atoms with Crippen molar-refractivity contribution in [2.75, 3.05) is 0 Å². The molecule has 0 heterocycles. The average molecular weight is 127 g/mol. The maximum absolute atomic E-state index is 10.2. The van der Waals surface area contributed by atoms with E-state index in [1.54, 1.807) is 0 Å². The summed E-state index contributed by atoms with van der Waals surface area (Å²) < 4.78 is 0. The molecule has 0 aromatic heterocycles. The van der Waals surface area contributed by atoms with Crippen molar-refractivity contribution in [3.05, 3.63) is 12.3 Å². The van der Waals surface area contributed by atoms with Crippen molar-refractivity contribution in [1.82, 2.24) is 0 Å². The third-order valence-corrected chi connectivity index (χ3v) is 0.533. The molecule has 0 aromatic rings. The highest BCUT2D eigenvalue weighted by Gasteiger charge is 1.78. The summed E-state index contributed by atoms with van der Waals surface area (Å²) in [6.45, 7) is 1.42. The minimum atomic E-state index is -0.0833. The lowest BCUT2D eigenvalue weighted by Gasteiger charge is -1.81. The summed E-state index contributed by atoms with van der Waals surface area (Å²) in [6, 6.07) is 0. The molecule has 0 saturated carbocycles. The maximum atomic E-state index is 10.2. The molecule has 4 N–H and O–H groups in total. The molecule has 0 radical (unpaired) electrons. The van der Waals surface area contributed by atoms with Crippen molar-refractivity contribution in [3.8, 4) is 0 Å². The molecule has 9 heavy (non-hydrogen) atoms. The van der Waals surface area contributed by atoms with Gasteiger partial charge in [-0.1, -0.05) is 0 Å². The van der Waals surface area contributed by atoms with Crippen LogP contribution < -0.4 is 11.5 Å². The summed E-state index contributed by atoms with van der Waals surface area (Å²) in [5, 5.41) is 0. The Labute approximate surface area is 53.2 Å². The molecule has 50 valence electrons. The summed E-state index contributed by atoms with van der Waals surface area (Å²) in [5.41, 5.74) is 9.89. The van der Waals surface area contributed by atoms with Crippen LogP contribution in [0.4, 0.5) is 0 Å². The first-order valence-electron chi connectivity index (χ1n) is 2.39. The van der Waals surface area contributed by atoms with E-state index in [-0.39, 0.29) is 11.7 Å². The second-order valence-corrected chi connectivity index (χ2v) is 1.48. The fourth-order valence-electron chi connectivity index (χ4n) is 0.228. The van der Waals surface area contributed by atoms with Crippen LogP contribution in [0.1, 0.15) is 6.92 Å². The molecular weight excluding hydrogens is 118 g/mol. The van der Waals surface area contributed by atoms with E-state index in [2.05, 4.69) is 4.99 Å². The van der Waals surface area contributed by atoms with Crippen molar-refractivity contribution in [2.24, 2.45) is 16.5 Å². The Balaban J connectivity index is 3.74. The highest BCUT2D eigenvalue weighted by Crippen LogP contribution is 1.74. The van der Waals surface area contributed by atoms with Crippen LogP contribution in [0.2, 0.25) is 0 Å². The Hall–Kier alpha value is -1.32. The SMILES string of the molecule is CC(=O)/C=C\N=C(N)N. The monoisotopic (exact) mass is 127 g/mol. The fourth-order valence-corrected chi connectivity index (χ4v) is 0.228. The molecule has 0 saturated heterocycles. The summed E-state index contributed by atoms with van der Waals surface area (Å²) in [7, 11) is 0. The summed E-state index contributed by atoms with van der Waals surface area (Å²) in [4.78, 5) is 13.6. The number of hydrogen-bond donors (Lipinski definition) is 2. The Kier molecular flexibility index (Phi) is 3.12. The number of aliphatic imine (C=N–C) groups is 1. The van der Waals surface area contributed by atoms with Gasteiger partial charge in [0, 0.05) is 6.20 Å². The predicted molar refractivity (Wildman–Crippen MR) is 35.6 cm³/mol. The van der Waals surface area contributed by atoms with Crippen LogP contribution in [0.25, 0.3) is 0 Å². The summed E-state index contributed by atoms with van der Waals surface area (Å²) >= 11 is 0. The second kappa shape index (κ2) is 3.65. The zero-order valence-corrected chi connectivity index (χ0v) is 5.16. The number of guanidine groups is 1. The fraction of sp³-hybridized carbons (Fsp3) is 0.200. The van der Waals surface area contributed by atoms with Gasteiger partial charge in [0.15, 0.2) is 11.7 Å². The topological polar surface area (TPSA) is 81.5 Å². The molecule has 0 atom stereocenters. The molecule has 4 heteroatoms. The van der Waals surface area contributed by atoms with E-state index >= 15 is 0 Å². The van der Waals surface area contributed by atoms with Crippen LogP contribution in [0.5, 0.6) is 0 Å². The van der Waals surface area contributed by atoms with Gasteiger partial charge < -0.3 is 11.5 Å². The normalized spacial score (nSPS) is 9.44. The van der Waals surface area contributed by atoms with E-state index in [1.165, 1.54) is 19.2 Å². The van der Waals surface area contributed by atoms with Gasteiger partial charge in [-0.2, -0.15) is 0 Å². The van der Waals surface area contributed by atoms with Gasteiger partial charge in [0.1, 0.15) is 0 Å².